The van der Waals surface area contributed by atoms with E-state index in [1.54, 1.807) is 19.2 Å². The fourth-order valence-electron chi connectivity index (χ4n) is 1.51. The van der Waals surface area contributed by atoms with Crippen LogP contribution in [-0.2, 0) is 0 Å². The fraction of sp³-hybridized carbons (Fsp3) is 0.273. The first-order chi connectivity index (χ1) is 7.76. The maximum atomic E-state index is 5.76. The van der Waals surface area contributed by atoms with Gasteiger partial charge >= 0.3 is 0 Å². The van der Waals surface area contributed by atoms with Gasteiger partial charge in [0.25, 0.3) is 0 Å². The third kappa shape index (κ3) is 1.71. The molecule has 0 fully saturated rings. The molecule has 0 spiro atoms. The highest BCUT2D eigenvalue weighted by Gasteiger charge is 2.09. The Balaban J connectivity index is 2.65. The summed E-state index contributed by atoms with van der Waals surface area (Å²) in [5.74, 6) is 1.73. The molecule has 0 atom stereocenters. The lowest BCUT2D eigenvalue weighted by Crippen LogP contribution is -1.98. The molecule has 0 aliphatic heterocycles. The summed E-state index contributed by atoms with van der Waals surface area (Å²) in [4.78, 5) is 8.06. The Hall–Kier alpha value is -2.04. The molecule has 5 nitrogen and oxygen atoms in total. The topological polar surface area (TPSA) is 70.3 Å². The van der Waals surface area contributed by atoms with Crippen LogP contribution in [0.2, 0.25) is 0 Å². The average Bonchev–Trinajstić information content (AvgIpc) is 2.29. The Labute approximate surface area is 93.2 Å². The second-order valence-electron chi connectivity index (χ2n) is 3.21. The van der Waals surface area contributed by atoms with Crippen LogP contribution in [0.25, 0.3) is 10.9 Å². The first-order valence-corrected chi connectivity index (χ1v) is 4.97. The maximum Gasteiger partial charge on any atom is 0.163 e. The van der Waals surface area contributed by atoms with E-state index in [0.29, 0.717) is 23.9 Å². The molecule has 1 aromatic carbocycles. The number of hydrogen-bond acceptors (Lipinski definition) is 5. The van der Waals surface area contributed by atoms with Crippen LogP contribution in [0.3, 0.4) is 0 Å². The van der Waals surface area contributed by atoms with Gasteiger partial charge in [-0.3, -0.25) is 0 Å². The maximum absolute atomic E-state index is 5.76. The first-order valence-electron chi connectivity index (χ1n) is 4.97. The third-order valence-corrected chi connectivity index (χ3v) is 2.25. The summed E-state index contributed by atoms with van der Waals surface area (Å²) in [7, 11) is 1.59. The number of hydrogen-bond donors (Lipinski definition) is 1. The summed E-state index contributed by atoms with van der Waals surface area (Å²) < 4.78 is 10.7. The van der Waals surface area contributed by atoms with Crippen molar-refractivity contribution in [3.8, 4) is 11.5 Å². The molecule has 2 N–H and O–H groups in total. The van der Waals surface area contributed by atoms with Crippen LogP contribution in [0.1, 0.15) is 6.92 Å². The van der Waals surface area contributed by atoms with Gasteiger partial charge in [-0.2, -0.15) is 0 Å². The molecule has 16 heavy (non-hydrogen) atoms. The highest BCUT2D eigenvalue weighted by molar-refractivity contribution is 5.90. The molecule has 5 heteroatoms. The van der Waals surface area contributed by atoms with Gasteiger partial charge in [-0.1, -0.05) is 0 Å². The van der Waals surface area contributed by atoms with Crippen LogP contribution in [-0.4, -0.2) is 23.7 Å². The molecule has 1 heterocycles. The fourth-order valence-corrected chi connectivity index (χ4v) is 1.51. The van der Waals surface area contributed by atoms with Crippen molar-refractivity contribution in [1.82, 2.24) is 9.97 Å². The van der Waals surface area contributed by atoms with E-state index in [1.807, 2.05) is 6.92 Å². The number of aromatic nitrogens is 2. The Kier molecular flexibility index (Phi) is 2.76. The molecule has 0 radical (unpaired) electrons. The van der Waals surface area contributed by atoms with Crippen molar-refractivity contribution in [2.45, 2.75) is 6.92 Å². The highest BCUT2D eigenvalue weighted by Crippen LogP contribution is 2.32. The Morgan fingerprint density at radius 3 is 2.75 bits per heavy atom. The number of anilines is 1. The third-order valence-electron chi connectivity index (χ3n) is 2.25. The summed E-state index contributed by atoms with van der Waals surface area (Å²) in [6.45, 7) is 2.49. The highest BCUT2D eigenvalue weighted by atomic mass is 16.5. The van der Waals surface area contributed by atoms with Gasteiger partial charge in [0.2, 0.25) is 0 Å². The van der Waals surface area contributed by atoms with Gasteiger partial charge < -0.3 is 15.2 Å². The smallest absolute Gasteiger partial charge is 0.163 e. The Bertz CT molecular complexity index is 514. The van der Waals surface area contributed by atoms with Crippen molar-refractivity contribution >= 4 is 16.7 Å². The Morgan fingerprint density at radius 1 is 1.25 bits per heavy atom. The first kappa shape index (κ1) is 10.5. The van der Waals surface area contributed by atoms with Gasteiger partial charge in [-0.15, -0.1) is 0 Å². The molecule has 0 unspecified atom stereocenters. The van der Waals surface area contributed by atoms with Crippen LogP contribution < -0.4 is 15.2 Å². The summed E-state index contributed by atoms with van der Waals surface area (Å²) in [6, 6.07) is 3.59. The van der Waals surface area contributed by atoms with E-state index in [-0.39, 0.29) is 0 Å². The van der Waals surface area contributed by atoms with Crippen molar-refractivity contribution in [2.24, 2.45) is 0 Å². The van der Waals surface area contributed by atoms with Crippen molar-refractivity contribution in [3.63, 3.8) is 0 Å². The predicted octanol–water partition coefficient (Wildman–Crippen LogP) is 1.62. The lowest BCUT2D eigenvalue weighted by atomic mass is 10.2. The van der Waals surface area contributed by atoms with E-state index in [9.17, 15) is 0 Å². The molecular weight excluding hydrogens is 206 g/mol. The molecule has 0 amide bonds. The van der Waals surface area contributed by atoms with Crippen LogP contribution in [0.4, 0.5) is 5.82 Å². The molecule has 0 saturated carbocycles. The van der Waals surface area contributed by atoms with Crippen molar-refractivity contribution < 1.29 is 9.47 Å². The summed E-state index contributed by atoms with van der Waals surface area (Å²) >= 11 is 0. The zero-order valence-corrected chi connectivity index (χ0v) is 9.23. The number of benzene rings is 1. The number of ether oxygens (including phenoxy) is 2. The largest absolute Gasteiger partial charge is 0.493 e. The zero-order chi connectivity index (χ0) is 11.5. The van der Waals surface area contributed by atoms with Crippen LogP contribution in [0.15, 0.2) is 18.5 Å². The normalized spacial score (nSPS) is 10.4. The van der Waals surface area contributed by atoms with Crippen LogP contribution >= 0.6 is 0 Å². The molecule has 2 rings (SSSR count). The van der Waals surface area contributed by atoms with Gasteiger partial charge in [-0.25, -0.2) is 9.97 Å². The monoisotopic (exact) mass is 219 g/mol. The van der Waals surface area contributed by atoms with E-state index in [0.717, 1.165) is 10.9 Å². The van der Waals surface area contributed by atoms with E-state index >= 15 is 0 Å². The quantitative estimate of drug-likeness (QED) is 0.849. The summed E-state index contributed by atoms with van der Waals surface area (Å²) in [5.41, 5.74) is 6.50. The zero-order valence-electron chi connectivity index (χ0n) is 9.23. The molecule has 0 saturated heterocycles. The molecule has 0 aliphatic carbocycles. The van der Waals surface area contributed by atoms with E-state index in [2.05, 4.69) is 9.97 Å². The van der Waals surface area contributed by atoms with Crippen molar-refractivity contribution in [3.05, 3.63) is 18.5 Å². The SMILES string of the molecule is CCOc1cc2ncnc(N)c2cc1OC. The average molecular weight is 219 g/mol. The summed E-state index contributed by atoms with van der Waals surface area (Å²) in [5, 5.41) is 0.766. The predicted molar refractivity (Wildman–Crippen MR) is 61.7 cm³/mol. The van der Waals surface area contributed by atoms with Crippen molar-refractivity contribution in [1.29, 1.82) is 0 Å². The summed E-state index contributed by atoms with van der Waals surface area (Å²) in [6.07, 6.45) is 1.43. The van der Waals surface area contributed by atoms with Gasteiger partial charge in [0.1, 0.15) is 12.1 Å². The van der Waals surface area contributed by atoms with Gasteiger partial charge in [-0.05, 0) is 13.0 Å². The van der Waals surface area contributed by atoms with Gasteiger partial charge in [0, 0.05) is 11.5 Å². The molecular formula is C11H13N3O2. The van der Waals surface area contributed by atoms with E-state index in [4.69, 9.17) is 15.2 Å². The Morgan fingerprint density at radius 2 is 2.06 bits per heavy atom. The number of nitrogen functional groups attached to an aromatic ring is 1. The van der Waals surface area contributed by atoms with Crippen molar-refractivity contribution in [2.75, 3.05) is 19.5 Å². The van der Waals surface area contributed by atoms with Gasteiger partial charge in [0.15, 0.2) is 11.5 Å². The standard InChI is InChI=1S/C11H13N3O2/c1-3-16-10-5-8-7(4-9(10)15-2)11(12)14-6-13-8/h4-6H,3H2,1-2H3,(H2,12,13,14). The number of fused-ring (bicyclic) bond motifs is 1. The van der Waals surface area contributed by atoms with Crippen LogP contribution in [0.5, 0.6) is 11.5 Å². The minimum Gasteiger partial charge on any atom is -0.493 e. The molecule has 1 aromatic heterocycles. The molecule has 84 valence electrons. The van der Waals surface area contributed by atoms with Gasteiger partial charge in [0.05, 0.1) is 19.2 Å². The lowest BCUT2D eigenvalue weighted by Gasteiger charge is -2.10. The minimum absolute atomic E-state index is 0.436. The number of nitrogens with two attached hydrogens (primary N) is 1. The van der Waals surface area contributed by atoms with E-state index < -0.39 is 0 Å². The number of methoxy groups -OCH3 is 1. The lowest BCUT2D eigenvalue weighted by molar-refractivity contribution is 0.311. The molecule has 2 aromatic rings. The minimum atomic E-state index is 0.436. The van der Waals surface area contributed by atoms with E-state index in [1.165, 1.54) is 6.33 Å². The second kappa shape index (κ2) is 4.22. The number of rotatable bonds is 3. The van der Waals surface area contributed by atoms with Crippen LogP contribution in [0, 0.1) is 0 Å². The second-order valence-corrected chi connectivity index (χ2v) is 3.21. The molecule has 0 aliphatic rings. The number of nitrogens with zero attached hydrogens (tertiary/aromatic N) is 2. The molecule has 0 bridgehead atoms.